The molecule has 0 atom stereocenters. The number of carboxylic acid groups (broad SMARTS) is 1. The number of nitrogens with one attached hydrogen (secondary N) is 1. The molecule has 8 aromatic heterocycles. The number of esters is 3. The molecule has 0 saturated heterocycles. The molecule has 0 bridgehead atoms. The minimum atomic E-state index is -0.833. The molecule has 0 radical (unpaired) electrons. The Morgan fingerprint density at radius 3 is 1.32 bits per heavy atom. The third kappa shape index (κ3) is 32.9. The largest absolute Gasteiger partial charge is 0.503 e. The normalized spacial score (nSPS) is 10.4. The van der Waals surface area contributed by atoms with E-state index in [2.05, 4.69) is 73.8 Å². The number of carboxylic acids is 1. The number of nitrogens with two attached hydrogens (primary N) is 2. The van der Waals surface area contributed by atoms with Gasteiger partial charge in [-0.2, -0.15) is 20.4 Å². The first-order valence-electron chi connectivity index (χ1n) is 35.4. The summed E-state index contributed by atoms with van der Waals surface area (Å²) >= 11 is 23.6. The summed E-state index contributed by atoms with van der Waals surface area (Å²) < 4.78 is 34.9. The molecule has 12 rings (SSSR count). The number of aromatic amines is 1. The first-order chi connectivity index (χ1) is 55.3. The number of hydrogen-bond acceptors (Lipinski definition) is 25. The smallest absolute Gasteiger partial charge is 0.344 e. The van der Waals surface area contributed by atoms with Crippen LogP contribution in [0.4, 0.5) is 5.82 Å². The Balaban J connectivity index is 0.00000143. The van der Waals surface area contributed by atoms with Crippen molar-refractivity contribution in [2.24, 2.45) is 5.73 Å². The number of anilines is 1. The summed E-state index contributed by atoms with van der Waals surface area (Å²) in [5.74, 6) is -2.21. The number of aryl methyl sites for hydroxylation is 2. The molecule has 0 fully saturated rings. The fourth-order valence-corrected chi connectivity index (χ4v) is 10.9. The third-order valence-electron chi connectivity index (χ3n) is 16.1. The van der Waals surface area contributed by atoms with Crippen molar-refractivity contribution in [3.05, 3.63) is 224 Å². The molecule has 658 valence electrons. The van der Waals surface area contributed by atoms with E-state index in [0.29, 0.717) is 71.6 Å². The number of nitrogens with zero attached hydrogens (tertiary/aromatic N) is 15. The Hall–Kier alpha value is -11.5. The zero-order chi connectivity index (χ0) is 85.9. The van der Waals surface area contributed by atoms with Crippen molar-refractivity contribution >= 4 is 116 Å². The van der Waals surface area contributed by atoms with Crippen LogP contribution in [0.2, 0.25) is 20.1 Å². The molecule has 0 aliphatic carbocycles. The summed E-state index contributed by atoms with van der Waals surface area (Å²) in [6, 6.07) is 31.8. The van der Waals surface area contributed by atoms with E-state index in [4.69, 9.17) is 86.7 Å². The Labute approximate surface area is 729 Å². The highest BCUT2D eigenvalue weighted by atomic mass is 35.5. The average molecular weight is 1750 g/mol. The number of rotatable bonds is 21. The standard InChI is InChI=1S/C20H20ClN5O.C18H17ClN4O2.C15H12ClN3O2.C9H8ClN3.C7H10O4.C5H14N2.C5H13NO2.C2H4O2.5CH4/c1-24(2)9-3-10-25-11-8-18-17(20(25)27)12-22-19-16(13-23-26(18)19)14-4-6-15(21)7-5-14;1-22(2)9-8-16-15(18(24)25-3)10-20-17-14(11-21-23(16)17)12-4-6-13(19)7-5-12;1-9-12(15(20)21-2)7-17-14-13(8-18-19(9)14)10-3-5-11(16)6-4-10;10-7-3-1-6(2-4-7)8-5-12-13-9(8)11;1-5(8)6(4-10-2)7(9)11-3;1-7(2)5-3-4-6;1-6(2)5(7-3)8-4;1-2(3)4;;;;;/h4-8,11-13H,3,9-10H2,1-2H3;4-11H,1-3H3;3-8H,1-2H3;1-5H,(H3,11,12,13);4H,1-3H3;3-6H2,1-2H3;5H,1-4H3;1H3,(H,3,4);5*1H4/b;9-8+;;;6-4+;;;;;;;;. The van der Waals surface area contributed by atoms with Gasteiger partial charge in [0, 0.05) is 115 Å². The van der Waals surface area contributed by atoms with E-state index < -0.39 is 23.9 Å². The number of ketones is 1. The maximum absolute atomic E-state index is 12.8. The van der Waals surface area contributed by atoms with Crippen molar-refractivity contribution in [2.75, 3.05) is 124 Å². The first kappa shape index (κ1) is 110. The van der Waals surface area contributed by atoms with Gasteiger partial charge in [0.2, 0.25) is 6.41 Å². The van der Waals surface area contributed by atoms with Crippen molar-refractivity contribution < 1.29 is 57.5 Å². The molecule has 12 aromatic rings. The number of H-pyrrole nitrogens is 1. The van der Waals surface area contributed by atoms with Crippen LogP contribution >= 0.6 is 46.4 Å². The number of carbonyl (C=O) groups is 5. The first-order valence-corrected chi connectivity index (χ1v) is 36.9. The number of nitrogen functional groups attached to an aromatic ring is 1. The molecule has 0 amide bonds. The third-order valence-corrected chi connectivity index (χ3v) is 17.1. The lowest BCUT2D eigenvalue weighted by atomic mass is 10.1. The van der Waals surface area contributed by atoms with Crippen LogP contribution in [0.15, 0.2) is 176 Å². The van der Waals surface area contributed by atoms with Gasteiger partial charge < -0.3 is 64.3 Å². The van der Waals surface area contributed by atoms with Crippen LogP contribution < -0.4 is 17.0 Å². The Kier molecular flexibility index (Phi) is 50.1. The van der Waals surface area contributed by atoms with Crippen molar-refractivity contribution in [3.63, 3.8) is 0 Å². The van der Waals surface area contributed by atoms with Crippen LogP contribution in [0, 0.1) is 6.92 Å². The molecule has 35 heteroatoms. The van der Waals surface area contributed by atoms with Gasteiger partial charge in [0.15, 0.2) is 22.7 Å². The molecule has 8 heterocycles. The zero-order valence-electron chi connectivity index (χ0n) is 67.7. The van der Waals surface area contributed by atoms with E-state index in [9.17, 15) is 24.0 Å². The summed E-state index contributed by atoms with van der Waals surface area (Å²) in [7, 11) is 24.2. The van der Waals surface area contributed by atoms with Gasteiger partial charge in [0.05, 0.1) is 81.1 Å². The van der Waals surface area contributed by atoms with Gasteiger partial charge in [-0.05, 0) is 172 Å². The topological polar surface area (TPSA) is 367 Å². The maximum atomic E-state index is 12.8. The number of ether oxygens (including phenoxy) is 6. The number of methoxy groups -OCH3 is 6. The second-order valence-electron chi connectivity index (χ2n) is 25.7. The molecule has 4 aromatic carbocycles. The van der Waals surface area contributed by atoms with Crippen molar-refractivity contribution in [3.8, 4) is 44.5 Å². The number of hydrogen-bond donors (Lipinski definition) is 4. The van der Waals surface area contributed by atoms with Gasteiger partial charge in [-0.15, -0.1) is 0 Å². The lowest BCUT2D eigenvalue weighted by molar-refractivity contribution is -0.179. The fourth-order valence-electron chi connectivity index (χ4n) is 10.4. The molecular weight excluding hydrogens is 1630 g/mol. The molecule has 0 aliphatic rings. The quantitative estimate of drug-likeness (QED) is 0.00987. The Morgan fingerprint density at radius 2 is 0.950 bits per heavy atom. The van der Waals surface area contributed by atoms with E-state index in [0.717, 1.165) is 101 Å². The number of benzene rings is 4. The summed E-state index contributed by atoms with van der Waals surface area (Å²) in [6.07, 6.45) is 19.9. The molecule has 0 unspecified atom stereocenters. The van der Waals surface area contributed by atoms with Crippen molar-refractivity contribution in [2.45, 2.75) is 83.7 Å². The van der Waals surface area contributed by atoms with Crippen molar-refractivity contribution in [1.29, 1.82) is 0 Å². The number of aromatic nitrogens is 12. The molecule has 121 heavy (non-hydrogen) atoms. The molecule has 0 aliphatic heterocycles. The number of carbonyl (C=O) groups excluding carboxylic acids is 4. The lowest BCUT2D eigenvalue weighted by Gasteiger charge is -2.19. The van der Waals surface area contributed by atoms with E-state index in [1.165, 1.54) is 47.8 Å². The minimum absolute atomic E-state index is 0. The van der Waals surface area contributed by atoms with Crippen molar-refractivity contribution in [1.82, 2.24) is 78.2 Å². The van der Waals surface area contributed by atoms with Gasteiger partial charge >= 0.3 is 17.9 Å². The van der Waals surface area contributed by atoms with Crippen LogP contribution in [0.5, 0.6) is 0 Å². The number of aliphatic carboxylic acids is 1. The molecule has 6 N–H and O–H groups in total. The maximum Gasteiger partial charge on any atom is 0.344 e. The minimum Gasteiger partial charge on any atom is -0.503 e. The molecule has 0 spiro atoms. The highest BCUT2D eigenvalue weighted by molar-refractivity contribution is 6.31. The summed E-state index contributed by atoms with van der Waals surface area (Å²) in [5, 5.41) is 30.4. The zero-order valence-corrected chi connectivity index (χ0v) is 70.7. The number of halogens is 4. The van der Waals surface area contributed by atoms with Gasteiger partial charge in [-0.1, -0.05) is 132 Å². The Bertz CT molecular complexity index is 5270. The van der Waals surface area contributed by atoms with Gasteiger partial charge in [0.1, 0.15) is 23.2 Å². The lowest BCUT2D eigenvalue weighted by Crippen LogP contribution is -2.30. The highest BCUT2D eigenvalue weighted by Crippen LogP contribution is 2.31. The molecule has 31 nitrogen and oxygen atoms in total. The monoisotopic (exact) mass is 1750 g/mol. The van der Waals surface area contributed by atoms with Gasteiger partial charge in [-0.25, -0.2) is 42.9 Å². The summed E-state index contributed by atoms with van der Waals surface area (Å²) in [5.41, 5.74) is 23.1. The SMILES string of the molecule is C.C.C.C.C.CC(=O)O.CN(C)CCCN.CN(C)CCCn1ccc2c(cnc3c(-c4ccc(Cl)cc4)cnn32)c1=O.CO/C=C(\C(C)=O)C(=O)OC.COC(=O)c1cnc2c(-c3ccc(Cl)cc3)cnn2c1/C=C/N(C)C.COC(=O)c1cnc2c(-c3ccc(Cl)cc3)cnn2c1C.COC(OC)N(C)C.Nc1[nH]ncc1-c1ccc(Cl)cc1. The van der Waals surface area contributed by atoms with Crippen LogP contribution in [-0.4, -0.2) is 238 Å². The van der Waals surface area contributed by atoms with E-state index in [1.807, 2.05) is 168 Å². The number of Topliss-reactive ketones (excluding diaryl/α,β-unsaturated/α-hetero) is 1. The number of pyridine rings is 1. The van der Waals surface area contributed by atoms with Crippen LogP contribution in [0.3, 0.4) is 0 Å². The van der Waals surface area contributed by atoms with E-state index in [-0.39, 0.29) is 60.5 Å². The number of fused-ring (bicyclic) bond motifs is 5. The van der Waals surface area contributed by atoms with Gasteiger partial charge in [0.25, 0.3) is 11.5 Å². The second-order valence-corrected chi connectivity index (χ2v) is 27.5. The molecular formula is C86H118Cl4N18O13. The second kappa shape index (κ2) is 55.4. The van der Waals surface area contributed by atoms with Gasteiger partial charge in [-0.3, -0.25) is 24.4 Å². The average Bonchev–Trinajstić information content (AvgIpc) is 1.71. The predicted octanol–water partition coefficient (Wildman–Crippen LogP) is 15.7. The van der Waals surface area contributed by atoms with Crippen LogP contribution in [-0.2, 0) is 49.3 Å². The predicted molar refractivity (Wildman–Crippen MR) is 487 cm³/mol. The summed E-state index contributed by atoms with van der Waals surface area (Å²) in [6.45, 7) is 7.68. The summed E-state index contributed by atoms with van der Waals surface area (Å²) in [4.78, 5) is 88.2. The van der Waals surface area contributed by atoms with E-state index in [1.54, 1.807) is 76.3 Å². The Morgan fingerprint density at radius 1 is 0.545 bits per heavy atom. The van der Waals surface area contributed by atoms with Crippen LogP contribution in [0.1, 0.15) is 95.9 Å². The van der Waals surface area contributed by atoms with E-state index >= 15 is 0 Å². The highest BCUT2D eigenvalue weighted by Gasteiger charge is 2.21. The van der Waals surface area contributed by atoms with Crippen LogP contribution in [0.25, 0.3) is 78.4 Å². The molecule has 0 saturated carbocycles. The fraction of sp³-hybridized carbons (Fsp3) is 0.337.